The fraction of sp³-hybridized carbons (Fsp3) is 0.500. The molecule has 126 valence electrons. The lowest BCUT2D eigenvalue weighted by Crippen LogP contribution is -2.08. The summed E-state index contributed by atoms with van der Waals surface area (Å²) in [5.74, 6) is -0.773. The lowest BCUT2D eigenvalue weighted by atomic mass is 10.1. The highest BCUT2D eigenvalue weighted by atomic mass is 16.6. The van der Waals surface area contributed by atoms with Crippen LogP contribution in [0.5, 0.6) is 0 Å². The zero-order valence-electron chi connectivity index (χ0n) is 13.4. The van der Waals surface area contributed by atoms with E-state index in [1.165, 1.54) is 6.07 Å². The van der Waals surface area contributed by atoms with Gasteiger partial charge < -0.3 is 9.47 Å². The Balaban J connectivity index is 2.35. The van der Waals surface area contributed by atoms with E-state index in [1.807, 2.05) is 6.92 Å². The van der Waals surface area contributed by atoms with Crippen LogP contribution in [0.15, 0.2) is 18.2 Å². The number of esters is 2. The maximum absolute atomic E-state index is 11.6. The van der Waals surface area contributed by atoms with E-state index in [1.54, 1.807) is 19.1 Å². The molecule has 7 heteroatoms. The molecule has 0 bridgehead atoms. The second kappa shape index (κ2) is 9.55. The van der Waals surface area contributed by atoms with E-state index in [0.717, 1.165) is 6.42 Å². The number of rotatable bonds is 9. The number of carbonyl (C=O) groups excluding carboxylic acids is 2. The van der Waals surface area contributed by atoms with Crippen LogP contribution in [0.1, 0.15) is 43.7 Å². The predicted molar refractivity (Wildman–Crippen MR) is 82.7 cm³/mol. The Kier molecular flexibility index (Phi) is 7.73. The summed E-state index contributed by atoms with van der Waals surface area (Å²) in [4.78, 5) is 33.2. The Labute approximate surface area is 134 Å². The molecule has 1 rings (SSSR count). The van der Waals surface area contributed by atoms with Crippen molar-refractivity contribution >= 4 is 17.6 Å². The number of nitro groups is 1. The third-order valence-electron chi connectivity index (χ3n) is 3.10. The molecular formula is C16H21NO6. The van der Waals surface area contributed by atoms with Gasteiger partial charge in [0, 0.05) is 24.5 Å². The van der Waals surface area contributed by atoms with Gasteiger partial charge in [-0.05, 0) is 25.3 Å². The van der Waals surface area contributed by atoms with Crippen LogP contribution in [-0.4, -0.2) is 23.5 Å². The van der Waals surface area contributed by atoms with Gasteiger partial charge in [0.1, 0.15) is 6.61 Å². The van der Waals surface area contributed by atoms with Gasteiger partial charge in [0.2, 0.25) is 0 Å². The Morgan fingerprint density at radius 1 is 1.17 bits per heavy atom. The monoisotopic (exact) mass is 323 g/mol. The molecule has 0 amide bonds. The molecule has 0 aromatic heterocycles. The highest BCUT2D eigenvalue weighted by Gasteiger charge is 2.12. The van der Waals surface area contributed by atoms with Gasteiger partial charge in [-0.1, -0.05) is 19.1 Å². The Bertz CT molecular complexity index is 570. The summed E-state index contributed by atoms with van der Waals surface area (Å²) in [5, 5.41) is 10.8. The van der Waals surface area contributed by atoms with E-state index < -0.39 is 10.9 Å². The van der Waals surface area contributed by atoms with Crippen LogP contribution in [0.25, 0.3) is 0 Å². The van der Waals surface area contributed by atoms with Crippen molar-refractivity contribution in [3.8, 4) is 0 Å². The molecule has 1 aromatic carbocycles. The first-order chi connectivity index (χ1) is 10.9. The number of ether oxygens (including phenoxy) is 2. The molecule has 0 heterocycles. The van der Waals surface area contributed by atoms with Gasteiger partial charge in [-0.2, -0.15) is 0 Å². The molecule has 23 heavy (non-hydrogen) atoms. The van der Waals surface area contributed by atoms with Crippen molar-refractivity contribution in [2.24, 2.45) is 0 Å². The average Bonchev–Trinajstić information content (AvgIpc) is 2.51. The lowest BCUT2D eigenvalue weighted by molar-refractivity contribution is -0.385. The number of nitro benzene ring substituents is 1. The number of carbonyl (C=O) groups is 2. The molecule has 1 aromatic rings. The predicted octanol–water partition coefficient (Wildman–Crippen LogP) is 3.07. The Hall–Kier alpha value is -2.44. The summed E-state index contributed by atoms with van der Waals surface area (Å²) in [6.45, 7) is 3.90. The van der Waals surface area contributed by atoms with Crippen LogP contribution in [0.4, 0.5) is 5.69 Å². The third kappa shape index (κ3) is 6.90. The van der Waals surface area contributed by atoms with Crippen LogP contribution in [0, 0.1) is 17.0 Å². The number of aryl methyl sites for hydroxylation is 1. The lowest BCUT2D eigenvalue weighted by Gasteiger charge is -2.06. The van der Waals surface area contributed by atoms with Crippen LogP contribution in [0.2, 0.25) is 0 Å². The minimum Gasteiger partial charge on any atom is -0.466 e. The number of nitrogens with zero attached hydrogens (tertiary/aromatic N) is 1. The summed E-state index contributed by atoms with van der Waals surface area (Å²) in [5.41, 5.74) is 1.10. The van der Waals surface area contributed by atoms with Gasteiger partial charge >= 0.3 is 11.9 Å². The topological polar surface area (TPSA) is 95.7 Å². The average molecular weight is 323 g/mol. The molecule has 0 saturated carbocycles. The van der Waals surface area contributed by atoms with Gasteiger partial charge in [-0.15, -0.1) is 0 Å². The first-order valence-electron chi connectivity index (χ1n) is 7.49. The molecule has 0 N–H and O–H groups in total. The number of hydrogen-bond acceptors (Lipinski definition) is 6. The van der Waals surface area contributed by atoms with Gasteiger partial charge in [0.15, 0.2) is 0 Å². The molecule has 0 spiro atoms. The van der Waals surface area contributed by atoms with Crippen molar-refractivity contribution in [2.75, 3.05) is 6.61 Å². The highest BCUT2D eigenvalue weighted by Crippen LogP contribution is 2.19. The molecular weight excluding hydrogens is 302 g/mol. The first kappa shape index (κ1) is 18.6. The van der Waals surface area contributed by atoms with Gasteiger partial charge in [-0.25, -0.2) is 0 Å². The maximum atomic E-state index is 11.6. The number of hydrogen-bond donors (Lipinski definition) is 0. The third-order valence-corrected chi connectivity index (χ3v) is 3.10. The standard InChI is InChI=1S/C16H21NO6/c1-3-9-22-15(18)5-4-6-16(19)23-11-13-8-7-12(2)14(10-13)17(20)21/h7-8,10H,3-6,9,11H2,1-2H3. The van der Waals surface area contributed by atoms with Crippen LogP contribution >= 0.6 is 0 Å². The maximum Gasteiger partial charge on any atom is 0.306 e. The number of benzene rings is 1. The molecule has 0 radical (unpaired) electrons. The van der Waals surface area contributed by atoms with E-state index in [9.17, 15) is 19.7 Å². The first-order valence-corrected chi connectivity index (χ1v) is 7.49. The van der Waals surface area contributed by atoms with Gasteiger partial charge in [0.25, 0.3) is 5.69 Å². The molecule has 0 unspecified atom stereocenters. The van der Waals surface area contributed by atoms with Crippen molar-refractivity contribution in [1.82, 2.24) is 0 Å². The summed E-state index contributed by atoms with van der Waals surface area (Å²) in [6.07, 6.45) is 1.40. The summed E-state index contributed by atoms with van der Waals surface area (Å²) in [6, 6.07) is 4.69. The highest BCUT2D eigenvalue weighted by molar-refractivity contribution is 5.72. The van der Waals surface area contributed by atoms with Crippen LogP contribution in [-0.2, 0) is 25.7 Å². The molecule has 0 saturated heterocycles. The fourth-order valence-corrected chi connectivity index (χ4v) is 1.84. The Morgan fingerprint density at radius 2 is 1.83 bits per heavy atom. The van der Waals surface area contributed by atoms with Crippen molar-refractivity contribution in [2.45, 2.75) is 46.1 Å². The quantitative estimate of drug-likeness (QED) is 0.394. The summed E-state index contributed by atoms with van der Waals surface area (Å²) < 4.78 is 9.95. The van der Waals surface area contributed by atoms with Crippen molar-refractivity contribution in [3.63, 3.8) is 0 Å². The molecule has 0 aliphatic rings. The second-order valence-corrected chi connectivity index (χ2v) is 5.11. The van der Waals surface area contributed by atoms with E-state index in [0.29, 0.717) is 24.2 Å². The fourth-order valence-electron chi connectivity index (χ4n) is 1.84. The molecule has 0 aliphatic heterocycles. The minimum atomic E-state index is -0.470. The second-order valence-electron chi connectivity index (χ2n) is 5.11. The zero-order chi connectivity index (χ0) is 17.2. The van der Waals surface area contributed by atoms with Crippen LogP contribution < -0.4 is 0 Å². The van der Waals surface area contributed by atoms with Crippen molar-refractivity contribution in [3.05, 3.63) is 39.4 Å². The molecule has 7 nitrogen and oxygen atoms in total. The summed E-state index contributed by atoms with van der Waals surface area (Å²) in [7, 11) is 0. The van der Waals surface area contributed by atoms with Gasteiger partial charge in [0.05, 0.1) is 11.5 Å². The molecule has 0 fully saturated rings. The molecule has 0 aliphatic carbocycles. The van der Waals surface area contributed by atoms with E-state index in [2.05, 4.69) is 0 Å². The van der Waals surface area contributed by atoms with Crippen LogP contribution in [0.3, 0.4) is 0 Å². The molecule has 0 atom stereocenters. The van der Waals surface area contributed by atoms with E-state index in [-0.39, 0.29) is 31.1 Å². The smallest absolute Gasteiger partial charge is 0.306 e. The largest absolute Gasteiger partial charge is 0.466 e. The Morgan fingerprint density at radius 3 is 2.43 bits per heavy atom. The zero-order valence-corrected chi connectivity index (χ0v) is 13.4. The van der Waals surface area contributed by atoms with E-state index in [4.69, 9.17) is 9.47 Å². The van der Waals surface area contributed by atoms with Crippen molar-refractivity contribution in [1.29, 1.82) is 0 Å². The SMILES string of the molecule is CCCOC(=O)CCCC(=O)OCc1ccc(C)c([N+](=O)[O-])c1. The van der Waals surface area contributed by atoms with E-state index >= 15 is 0 Å². The summed E-state index contributed by atoms with van der Waals surface area (Å²) >= 11 is 0. The van der Waals surface area contributed by atoms with Crippen molar-refractivity contribution < 1.29 is 24.0 Å². The van der Waals surface area contributed by atoms with Gasteiger partial charge in [-0.3, -0.25) is 19.7 Å². The minimum absolute atomic E-state index is 0.00258. The normalized spacial score (nSPS) is 10.2.